The monoisotopic (exact) mass is 625 g/mol. The molecule has 0 spiro atoms. The number of hydrogen-bond acceptors (Lipinski definition) is 7. The molecule has 1 aliphatic carbocycles. The van der Waals surface area contributed by atoms with Gasteiger partial charge in [0.25, 0.3) is 0 Å². The molecule has 14 heteroatoms. The predicted molar refractivity (Wildman–Crippen MR) is 148 cm³/mol. The number of fused-ring (bicyclic) bond motifs is 1. The zero-order chi connectivity index (χ0) is 29.6. The van der Waals surface area contributed by atoms with Gasteiger partial charge in [-0.3, -0.25) is 4.90 Å². The third-order valence-corrected chi connectivity index (χ3v) is 10.6. The molecule has 2 saturated heterocycles. The van der Waals surface area contributed by atoms with Crippen LogP contribution in [-0.4, -0.2) is 64.8 Å². The lowest BCUT2D eigenvalue weighted by Gasteiger charge is -2.30. The summed E-state index contributed by atoms with van der Waals surface area (Å²) in [5, 5.41) is 2.15. The Morgan fingerprint density at radius 1 is 1.05 bits per heavy atom. The van der Waals surface area contributed by atoms with Gasteiger partial charge in [0.15, 0.2) is 5.06 Å². The molecule has 6 rings (SSSR count). The minimum atomic E-state index is -4.56. The highest BCUT2D eigenvalue weighted by molar-refractivity contribution is 7.89. The molecule has 0 N–H and O–H groups in total. The number of ether oxygens (including phenoxy) is 2. The standard InChI is InChI=1S/C28H27F4N3O5S2/c29-24-14-19(5-8-25(24)33-9-11-39-12-10-33)35(27(36)40-26-2-1-13-41-26)17-23-21-15-34(16-22(21)23)42(37,38)20-6-3-18(4-7-20)28(30,31)32/h1-8,13-14,21-23H,9-12,15-17H2. The first kappa shape index (κ1) is 28.9. The number of nitrogens with zero attached hydrogens (tertiary/aromatic N) is 3. The number of rotatable bonds is 7. The number of carbonyl (C=O) groups excluding carboxylic acids is 1. The van der Waals surface area contributed by atoms with E-state index in [0.717, 1.165) is 24.3 Å². The molecule has 3 heterocycles. The number of thiophene rings is 1. The highest BCUT2D eigenvalue weighted by Gasteiger charge is 2.58. The molecule has 8 nitrogen and oxygen atoms in total. The topological polar surface area (TPSA) is 79.4 Å². The van der Waals surface area contributed by atoms with Gasteiger partial charge in [-0.15, -0.1) is 11.3 Å². The smallest absolute Gasteiger partial charge is 0.399 e. The third kappa shape index (κ3) is 5.72. The first-order chi connectivity index (χ1) is 20.0. The van der Waals surface area contributed by atoms with Crippen molar-refractivity contribution in [2.75, 3.05) is 55.7 Å². The number of hydrogen-bond donors (Lipinski definition) is 0. The number of sulfonamides is 1. The van der Waals surface area contributed by atoms with Gasteiger partial charge in [-0.25, -0.2) is 17.6 Å². The van der Waals surface area contributed by atoms with Gasteiger partial charge in [0.2, 0.25) is 10.0 Å². The van der Waals surface area contributed by atoms with Crippen molar-refractivity contribution < 1.29 is 40.2 Å². The number of halogens is 4. The van der Waals surface area contributed by atoms with Crippen LogP contribution in [0.4, 0.5) is 33.7 Å². The number of morpholine rings is 1. The second kappa shape index (κ2) is 11.1. The fraction of sp³-hybridized carbons (Fsp3) is 0.393. The molecule has 1 aromatic heterocycles. The third-order valence-electron chi connectivity index (χ3n) is 8.05. The Labute approximate surface area is 244 Å². The number of benzene rings is 2. The van der Waals surface area contributed by atoms with Crippen LogP contribution in [0.25, 0.3) is 0 Å². The van der Waals surface area contributed by atoms with E-state index in [1.54, 1.807) is 29.6 Å². The molecular formula is C28H27F4N3O5S2. The molecule has 3 aromatic rings. The Balaban J connectivity index is 1.16. The van der Waals surface area contributed by atoms with Crippen molar-refractivity contribution >= 4 is 38.8 Å². The molecule has 224 valence electrons. The van der Waals surface area contributed by atoms with Crippen molar-refractivity contribution in [2.45, 2.75) is 11.1 Å². The van der Waals surface area contributed by atoms with Gasteiger partial charge in [0.1, 0.15) is 5.82 Å². The van der Waals surface area contributed by atoms with E-state index in [1.165, 1.54) is 26.6 Å². The first-order valence-electron chi connectivity index (χ1n) is 13.3. The summed E-state index contributed by atoms with van der Waals surface area (Å²) in [6, 6.07) is 11.5. The van der Waals surface area contributed by atoms with Crippen molar-refractivity contribution in [3.63, 3.8) is 0 Å². The lowest BCUT2D eigenvalue weighted by Crippen LogP contribution is -2.38. The van der Waals surface area contributed by atoms with Crippen LogP contribution in [0.1, 0.15) is 5.56 Å². The Bertz CT molecular complexity index is 1530. The Kier molecular flexibility index (Phi) is 7.66. The van der Waals surface area contributed by atoms with Crippen LogP contribution in [0.2, 0.25) is 0 Å². The highest BCUT2D eigenvalue weighted by Crippen LogP contribution is 2.53. The summed E-state index contributed by atoms with van der Waals surface area (Å²) in [6.45, 7) is 2.65. The number of carbonyl (C=O) groups is 1. The van der Waals surface area contributed by atoms with E-state index in [2.05, 4.69) is 0 Å². The fourth-order valence-electron chi connectivity index (χ4n) is 5.73. The summed E-state index contributed by atoms with van der Waals surface area (Å²) in [5.41, 5.74) is -0.180. The van der Waals surface area contributed by atoms with Gasteiger partial charge in [-0.1, -0.05) is 0 Å². The van der Waals surface area contributed by atoms with Gasteiger partial charge in [-0.2, -0.15) is 17.5 Å². The molecule has 2 atom stereocenters. The summed E-state index contributed by atoms with van der Waals surface area (Å²) in [7, 11) is -3.98. The van der Waals surface area contributed by atoms with Crippen LogP contribution < -0.4 is 14.5 Å². The minimum Gasteiger partial charge on any atom is -0.399 e. The summed E-state index contributed by atoms with van der Waals surface area (Å²) in [4.78, 5) is 16.3. The summed E-state index contributed by atoms with van der Waals surface area (Å²) in [5.74, 6) is -0.637. The van der Waals surface area contributed by atoms with Crippen molar-refractivity contribution in [3.05, 3.63) is 71.4 Å². The van der Waals surface area contributed by atoms with Gasteiger partial charge < -0.3 is 14.4 Å². The molecule has 1 amide bonds. The zero-order valence-corrected chi connectivity index (χ0v) is 23.8. The molecule has 42 heavy (non-hydrogen) atoms. The average molecular weight is 626 g/mol. The number of alkyl halides is 3. The lowest BCUT2D eigenvalue weighted by atomic mass is 10.2. The molecule has 3 fully saturated rings. The second-order valence-corrected chi connectivity index (χ2v) is 13.3. The van der Waals surface area contributed by atoms with Crippen LogP contribution >= 0.6 is 11.3 Å². The SMILES string of the molecule is O=C(Oc1cccs1)N(CC1C2CN(S(=O)(=O)c3ccc(C(F)(F)F)cc3)CC12)c1ccc(N2CCOCC2)c(F)c1. The van der Waals surface area contributed by atoms with E-state index in [1.807, 2.05) is 4.90 Å². The van der Waals surface area contributed by atoms with Crippen molar-refractivity contribution in [3.8, 4) is 5.06 Å². The molecule has 1 saturated carbocycles. The van der Waals surface area contributed by atoms with Crippen molar-refractivity contribution in [1.29, 1.82) is 0 Å². The fourth-order valence-corrected chi connectivity index (χ4v) is 7.81. The quantitative estimate of drug-likeness (QED) is 0.331. The molecule has 3 aliphatic rings. The number of piperidine rings is 1. The van der Waals surface area contributed by atoms with Gasteiger partial charge in [0.05, 0.1) is 35.0 Å². The first-order valence-corrected chi connectivity index (χ1v) is 15.7. The Morgan fingerprint density at radius 3 is 2.33 bits per heavy atom. The number of anilines is 2. The van der Waals surface area contributed by atoms with Crippen LogP contribution in [-0.2, 0) is 20.9 Å². The van der Waals surface area contributed by atoms with Gasteiger partial charge >= 0.3 is 12.3 Å². The zero-order valence-electron chi connectivity index (χ0n) is 22.2. The van der Waals surface area contributed by atoms with E-state index < -0.39 is 33.7 Å². The van der Waals surface area contributed by atoms with E-state index in [0.29, 0.717) is 42.7 Å². The minimum absolute atomic E-state index is 0.0521. The maximum absolute atomic E-state index is 15.3. The molecule has 0 radical (unpaired) electrons. The predicted octanol–water partition coefficient (Wildman–Crippen LogP) is 5.31. The summed E-state index contributed by atoms with van der Waals surface area (Å²) in [6.07, 6.45) is -5.23. The number of amides is 1. The average Bonchev–Trinajstić information content (AvgIpc) is 3.32. The van der Waals surface area contributed by atoms with Crippen molar-refractivity contribution in [1.82, 2.24) is 4.31 Å². The maximum atomic E-state index is 15.3. The van der Waals surface area contributed by atoms with E-state index in [9.17, 15) is 26.4 Å². The van der Waals surface area contributed by atoms with Crippen LogP contribution in [0, 0.1) is 23.6 Å². The Morgan fingerprint density at radius 2 is 1.74 bits per heavy atom. The van der Waals surface area contributed by atoms with Gasteiger partial charge in [-0.05, 0) is 77.7 Å². The van der Waals surface area contributed by atoms with E-state index >= 15 is 4.39 Å². The van der Waals surface area contributed by atoms with Gasteiger partial charge in [0, 0.05) is 32.7 Å². The maximum Gasteiger partial charge on any atom is 0.420 e. The normalized spacial score (nSPS) is 22.6. The molecular weight excluding hydrogens is 598 g/mol. The van der Waals surface area contributed by atoms with Crippen LogP contribution in [0.3, 0.4) is 0 Å². The molecule has 2 aliphatic heterocycles. The Hall–Kier alpha value is -3.20. The molecule has 0 bridgehead atoms. The highest BCUT2D eigenvalue weighted by atomic mass is 32.2. The lowest BCUT2D eigenvalue weighted by molar-refractivity contribution is -0.137. The van der Waals surface area contributed by atoms with Crippen LogP contribution in [0.15, 0.2) is 64.9 Å². The van der Waals surface area contributed by atoms with E-state index in [-0.39, 0.29) is 42.3 Å². The van der Waals surface area contributed by atoms with Crippen LogP contribution in [0.5, 0.6) is 5.06 Å². The molecule has 2 aromatic carbocycles. The largest absolute Gasteiger partial charge is 0.420 e. The van der Waals surface area contributed by atoms with Crippen molar-refractivity contribution in [2.24, 2.45) is 17.8 Å². The molecule has 2 unspecified atom stereocenters. The summed E-state index contributed by atoms with van der Waals surface area (Å²) < 4.78 is 92.4. The van der Waals surface area contributed by atoms with E-state index in [4.69, 9.17) is 9.47 Å². The second-order valence-electron chi connectivity index (χ2n) is 10.5. The summed E-state index contributed by atoms with van der Waals surface area (Å²) >= 11 is 1.24.